The van der Waals surface area contributed by atoms with Gasteiger partial charge in [0.25, 0.3) is 0 Å². The highest BCUT2D eigenvalue weighted by atomic mass is 32.1. The van der Waals surface area contributed by atoms with Crippen LogP contribution in [0, 0.1) is 17.6 Å². The van der Waals surface area contributed by atoms with Crippen LogP contribution in [0.5, 0.6) is 0 Å². The third kappa shape index (κ3) is 1.48. The van der Waals surface area contributed by atoms with Crippen LogP contribution in [0.3, 0.4) is 0 Å². The number of fused-ring (bicyclic) bond motifs is 1. The van der Waals surface area contributed by atoms with Gasteiger partial charge in [-0.3, -0.25) is 4.57 Å². The van der Waals surface area contributed by atoms with Crippen molar-refractivity contribution in [3.8, 4) is 0 Å². The highest BCUT2D eigenvalue weighted by Gasteiger charge is 2.30. The van der Waals surface area contributed by atoms with Crippen LogP contribution in [0.15, 0.2) is 12.3 Å². The molecule has 1 aliphatic carbocycles. The molecule has 4 heteroatoms. The molecule has 3 nitrogen and oxygen atoms in total. The monoisotopic (exact) mass is 233 g/mol. The van der Waals surface area contributed by atoms with Crippen molar-refractivity contribution >= 4 is 23.4 Å². The lowest BCUT2D eigenvalue weighted by molar-refractivity contribution is 0.490. The van der Waals surface area contributed by atoms with Crippen molar-refractivity contribution in [2.75, 3.05) is 0 Å². The number of imidazole rings is 1. The Hall–Kier alpha value is -1.16. The van der Waals surface area contributed by atoms with Crippen LogP contribution in [0.4, 0.5) is 0 Å². The van der Waals surface area contributed by atoms with Gasteiger partial charge in [-0.25, -0.2) is 4.98 Å². The van der Waals surface area contributed by atoms with Gasteiger partial charge in [0, 0.05) is 12.2 Å². The molecule has 0 radical (unpaired) electrons. The van der Waals surface area contributed by atoms with E-state index in [9.17, 15) is 0 Å². The lowest BCUT2D eigenvalue weighted by Crippen LogP contribution is -2.07. The Labute approximate surface area is 99.5 Å². The number of hydrogen-bond donors (Lipinski definition) is 1. The van der Waals surface area contributed by atoms with Gasteiger partial charge in [-0.2, -0.15) is 0 Å². The lowest BCUT2D eigenvalue weighted by atomic mass is 10.2. The van der Waals surface area contributed by atoms with E-state index < -0.39 is 0 Å². The Morgan fingerprint density at radius 3 is 3.00 bits per heavy atom. The van der Waals surface area contributed by atoms with E-state index in [0.29, 0.717) is 6.04 Å². The van der Waals surface area contributed by atoms with Gasteiger partial charge >= 0.3 is 0 Å². The standard InChI is InChI=1S/C12H15N3S/c1-7-5-10-11(13-6-7)15(12(16)14-10)8(2)9-3-4-9/h5-6,8-9H,3-4H2,1-2H3,(H,14,16). The zero-order valence-electron chi connectivity index (χ0n) is 9.53. The summed E-state index contributed by atoms with van der Waals surface area (Å²) in [6, 6.07) is 2.57. The maximum Gasteiger partial charge on any atom is 0.179 e. The second-order valence-corrected chi connectivity index (χ2v) is 5.15. The van der Waals surface area contributed by atoms with E-state index in [-0.39, 0.29) is 0 Å². The summed E-state index contributed by atoms with van der Waals surface area (Å²) in [6.07, 6.45) is 4.55. The van der Waals surface area contributed by atoms with Crippen LogP contribution in [-0.2, 0) is 0 Å². The van der Waals surface area contributed by atoms with Gasteiger partial charge in [0.05, 0.1) is 5.52 Å². The fourth-order valence-corrected chi connectivity index (χ4v) is 2.65. The quantitative estimate of drug-likeness (QED) is 0.807. The molecule has 1 unspecified atom stereocenters. The molecular weight excluding hydrogens is 218 g/mol. The first-order chi connectivity index (χ1) is 7.66. The molecule has 1 fully saturated rings. The third-order valence-electron chi connectivity index (χ3n) is 3.40. The molecule has 3 rings (SSSR count). The highest BCUT2D eigenvalue weighted by molar-refractivity contribution is 7.71. The summed E-state index contributed by atoms with van der Waals surface area (Å²) in [5, 5.41) is 0. The Morgan fingerprint density at radius 2 is 2.31 bits per heavy atom. The molecule has 0 spiro atoms. The highest BCUT2D eigenvalue weighted by Crippen LogP contribution is 2.40. The van der Waals surface area contributed by atoms with Crippen molar-refractivity contribution in [1.29, 1.82) is 0 Å². The van der Waals surface area contributed by atoms with Crippen molar-refractivity contribution in [3.63, 3.8) is 0 Å². The maximum absolute atomic E-state index is 5.39. The fourth-order valence-electron chi connectivity index (χ4n) is 2.28. The second kappa shape index (κ2) is 3.42. The summed E-state index contributed by atoms with van der Waals surface area (Å²) >= 11 is 5.39. The molecule has 0 aromatic carbocycles. The number of aromatic amines is 1. The van der Waals surface area contributed by atoms with Gasteiger partial charge in [-0.05, 0) is 56.5 Å². The minimum atomic E-state index is 0.469. The van der Waals surface area contributed by atoms with Crippen molar-refractivity contribution in [2.45, 2.75) is 32.7 Å². The number of H-pyrrole nitrogens is 1. The van der Waals surface area contributed by atoms with E-state index in [4.69, 9.17) is 12.2 Å². The predicted octanol–water partition coefficient (Wildman–Crippen LogP) is 3.37. The molecule has 84 valence electrons. The number of nitrogens with zero attached hydrogens (tertiary/aromatic N) is 2. The van der Waals surface area contributed by atoms with Crippen molar-refractivity contribution < 1.29 is 0 Å². The molecule has 0 aliphatic heterocycles. The largest absolute Gasteiger partial charge is 0.329 e. The molecule has 2 heterocycles. The molecule has 1 saturated carbocycles. The first-order valence-corrected chi connectivity index (χ1v) is 6.14. The summed E-state index contributed by atoms with van der Waals surface area (Å²) in [6.45, 7) is 4.28. The van der Waals surface area contributed by atoms with Crippen LogP contribution in [0.1, 0.15) is 31.4 Å². The van der Waals surface area contributed by atoms with Gasteiger partial charge in [0.2, 0.25) is 0 Å². The van der Waals surface area contributed by atoms with E-state index in [0.717, 1.165) is 27.4 Å². The van der Waals surface area contributed by atoms with E-state index in [1.807, 2.05) is 13.1 Å². The molecule has 1 aliphatic rings. The molecule has 0 amide bonds. The van der Waals surface area contributed by atoms with Crippen LogP contribution in [0.25, 0.3) is 11.2 Å². The van der Waals surface area contributed by atoms with Crippen molar-refractivity contribution in [2.24, 2.45) is 5.92 Å². The predicted molar refractivity (Wildman–Crippen MR) is 67.1 cm³/mol. The summed E-state index contributed by atoms with van der Waals surface area (Å²) in [5.41, 5.74) is 3.21. The molecule has 2 aromatic heterocycles. The Balaban J connectivity index is 2.22. The summed E-state index contributed by atoms with van der Waals surface area (Å²) in [4.78, 5) is 7.74. The molecule has 0 bridgehead atoms. The van der Waals surface area contributed by atoms with Gasteiger partial charge < -0.3 is 4.98 Å². The van der Waals surface area contributed by atoms with Crippen LogP contribution in [0.2, 0.25) is 0 Å². The topological polar surface area (TPSA) is 33.6 Å². The zero-order chi connectivity index (χ0) is 11.3. The van der Waals surface area contributed by atoms with Crippen LogP contribution < -0.4 is 0 Å². The van der Waals surface area contributed by atoms with Crippen LogP contribution in [-0.4, -0.2) is 14.5 Å². The van der Waals surface area contributed by atoms with E-state index >= 15 is 0 Å². The minimum Gasteiger partial charge on any atom is -0.329 e. The number of nitrogens with one attached hydrogen (secondary N) is 1. The minimum absolute atomic E-state index is 0.469. The number of aryl methyl sites for hydroxylation is 1. The summed E-state index contributed by atoms with van der Waals surface area (Å²) < 4.78 is 2.97. The van der Waals surface area contributed by atoms with Gasteiger partial charge in [-0.1, -0.05) is 0 Å². The number of pyridine rings is 1. The van der Waals surface area contributed by atoms with Crippen molar-refractivity contribution in [3.05, 3.63) is 22.6 Å². The molecule has 16 heavy (non-hydrogen) atoms. The average molecular weight is 233 g/mol. The van der Waals surface area contributed by atoms with E-state index in [1.54, 1.807) is 0 Å². The zero-order valence-corrected chi connectivity index (χ0v) is 10.3. The third-order valence-corrected chi connectivity index (χ3v) is 3.70. The molecular formula is C12H15N3S. The Kier molecular flexibility index (Phi) is 2.14. The average Bonchev–Trinajstić information content (AvgIpc) is 3.01. The van der Waals surface area contributed by atoms with Gasteiger partial charge in [-0.15, -0.1) is 0 Å². The smallest absolute Gasteiger partial charge is 0.179 e. The van der Waals surface area contributed by atoms with Crippen LogP contribution >= 0.6 is 12.2 Å². The Bertz CT molecular complexity index is 592. The summed E-state index contributed by atoms with van der Waals surface area (Å²) in [7, 11) is 0. The fraction of sp³-hybridized carbons (Fsp3) is 0.500. The van der Waals surface area contributed by atoms with Gasteiger partial charge in [0.1, 0.15) is 0 Å². The molecule has 0 saturated heterocycles. The Morgan fingerprint density at radius 1 is 1.56 bits per heavy atom. The number of rotatable bonds is 2. The number of hydrogen-bond acceptors (Lipinski definition) is 2. The first kappa shape index (κ1) is 10.0. The molecule has 1 N–H and O–H groups in total. The second-order valence-electron chi connectivity index (χ2n) is 4.76. The first-order valence-electron chi connectivity index (χ1n) is 5.73. The van der Waals surface area contributed by atoms with Crippen molar-refractivity contribution in [1.82, 2.24) is 14.5 Å². The lowest BCUT2D eigenvalue weighted by Gasteiger charge is -2.12. The van der Waals surface area contributed by atoms with E-state index in [1.165, 1.54) is 12.8 Å². The van der Waals surface area contributed by atoms with Gasteiger partial charge in [0.15, 0.2) is 10.4 Å². The SMILES string of the molecule is Cc1cnc2c(c1)[nH]c(=S)n2C(C)C1CC1. The maximum atomic E-state index is 5.39. The molecule has 1 atom stereocenters. The molecule has 2 aromatic rings. The normalized spacial score (nSPS) is 17.9. The van der Waals surface area contributed by atoms with E-state index in [2.05, 4.69) is 27.5 Å². The summed E-state index contributed by atoms with van der Waals surface area (Å²) in [5.74, 6) is 0.786. The number of aromatic nitrogens is 3.